The molecule has 564 valence electrons. The van der Waals surface area contributed by atoms with Gasteiger partial charge in [0.1, 0.15) is 73.6 Å². The molecular weight excluding hydrogens is 1520 g/mol. The quantitative estimate of drug-likeness (QED) is 0.0287. The number of ether oxygens (including phenoxy) is 4. The normalized spacial score (nSPS) is 33.4. The Morgan fingerprint density at radius 3 is 1.73 bits per heavy atom. The summed E-state index contributed by atoms with van der Waals surface area (Å²) in [7, 11) is -10.4. The van der Waals surface area contributed by atoms with E-state index in [0.29, 0.717) is 10.8 Å². The van der Waals surface area contributed by atoms with Gasteiger partial charge in [-0.3, -0.25) is 74.3 Å². The zero-order valence-electron chi connectivity index (χ0n) is 52.0. The summed E-state index contributed by atoms with van der Waals surface area (Å²) < 4.78 is 174. The first kappa shape index (κ1) is 80.8. The molecule has 4 unspecified atom stereocenters. The number of phosphoric acid groups is 2. The van der Waals surface area contributed by atoms with Gasteiger partial charge in [0.15, 0.2) is 78.0 Å². The van der Waals surface area contributed by atoms with Crippen LogP contribution in [0, 0.1) is 17.9 Å². The number of nitrogens with two attached hydrogens (primary N) is 2. The first-order chi connectivity index (χ1) is 48.3. The van der Waals surface area contributed by atoms with Crippen molar-refractivity contribution in [2.75, 3.05) is 57.2 Å². The number of carbonyl (C=O) groups is 1. The molecule has 6 aliphatic heterocycles. The van der Waals surface area contributed by atoms with Crippen LogP contribution >= 0.6 is 29.0 Å². The second-order valence-electron chi connectivity index (χ2n) is 21.9. The smallest absolute Gasteiger partial charge is 0.475 e. The second-order valence-corrected chi connectivity index (χ2v) is 31.2. The van der Waals surface area contributed by atoms with Gasteiger partial charge in [-0.05, 0) is 23.9 Å². The number of halogens is 4. The average molecular weight is 1590 g/mol. The molecule has 20 atom stereocenters. The van der Waals surface area contributed by atoms with E-state index in [0.717, 1.165) is 52.6 Å². The van der Waals surface area contributed by atoms with Gasteiger partial charge in [0, 0.05) is 41.9 Å². The summed E-state index contributed by atoms with van der Waals surface area (Å²) in [4.78, 5) is 106. The number of aromatic nitrogens is 12. The van der Waals surface area contributed by atoms with Crippen molar-refractivity contribution in [3.8, 4) is 6.07 Å². The fourth-order valence-corrected chi connectivity index (χ4v) is 16.8. The van der Waals surface area contributed by atoms with Gasteiger partial charge in [-0.15, -0.1) is 5.25 Å². The van der Waals surface area contributed by atoms with Gasteiger partial charge in [0.05, 0.1) is 58.2 Å². The number of aromatic amines is 2. The molecule has 7 aromatic rings. The standard InChI is InChI=1S/C32H31F2N9O12P2S.C19H22F2N8O11P2S.2CH4.H3N/c1-36-10-13-49-57(58)51-15-20-22(33)25(31(53-20)43-17-39-24-27(37-16-38-28(24)43)41-29(45)18-6-3-2-4-7-18)54-56(47,48-12-5-9-35)50-14-19-23(34)26(55-57)30(52-19)42-11-8-21(44)40-32(42)46;20-10-8-4-36-42(33,34)40-14-11(21)7(38-18(14)29-6-25-12-15(22)23-5-24-16(12)29)3-35-41(43,27-32)39-13(10)17(37-8)28-2-1-9(30)26-19(28)31;;;/h2-4,6-8,11,16-17,19-20,22-23,25-26,30-31H,5,10,12-15H2,(H,40,44,46)(H,37,38,41,45);1-2,5-8,10-11,13-14,17-18,32H,3-4H2,(H,27,43)(H,33,34)(H2,22,23,24)(H,26,30,31);2*1H4;1H3/p+1/t19-,20-,22-,23-,25-,26-,30-,31-,56?,57?;7-,8-,10-,11-,13-,14-,17-,18-,41?;;;/m11.../s1. The van der Waals surface area contributed by atoms with E-state index in [1.165, 1.54) is 15.5 Å². The number of imidazole rings is 2. The summed E-state index contributed by atoms with van der Waals surface area (Å²) in [6.45, 7) is -5.58. The summed E-state index contributed by atoms with van der Waals surface area (Å²) in [5.41, 5.74) is 2.81. The predicted octanol–water partition coefficient (Wildman–Crippen LogP) is 2.66. The molecule has 13 rings (SSSR count). The molecular formula is C53H65F4N18O23P4S2+. The maximum atomic E-state index is 16.7. The lowest BCUT2D eigenvalue weighted by Crippen LogP contribution is -2.76. The summed E-state index contributed by atoms with van der Waals surface area (Å²) >= 11 is 10.9. The van der Waals surface area contributed by atoms with Crippen molar-refractivity contribution >= 4 is 92.5 Å². The fraction of sp³-hybridized carbons (Fsp3) is 0.491. The molecule has 1 aromatic carbocycles. The van der Waals surface area contributed by atoms with E-state index in [9.17, 15) is 43.2 Å². The number of quaternary nitrogens is 2. The fourth-order valence-electron chi connectivity index (χ4n) is 10.9. The molecule has 104 heavy (non-hydrogen) atoms. The molecule has 12 N–H and O–H groups in total. The van der Waals surface area contributed by atoms with Gasteiger partial charge in [-0.25, -0.2) is 73.4 Å². The lowest BCUT2D eigenvalue weighted by Gasteiger charge is -2.30. The van der Waals surface area contributed by atoms with Crippen LogP contribution in [0.5, 0.6) is 0 Å². The van der Waals surface area contributed by atoms with Crippen LogP contribution < -0.4 is 49.8 Å². The number of carbonyl (C=O) groups excluding carboxylic acids is 1. The number of hydrogen-bond acceptors (Lipinski definition) is 33. The molecule has 1 amide bonds. The summed E-state index contributed by atoms with van der Waals surface area (Å²) in [6, 6.07) is 12.0. The molecule has 0 radical (unpaired) electrons. The van der Waals surface area contributed by atoms with Gasteiger partial charge >= 0.3 is 32.6 Å². The first-order valence-electron chi connectivity index (χ1n) is 29.5. The first-order valence-corrected chi connectivity index (χ1v) is 37.7. The summed E-state index contributed by atoms with van der Waals surface area (Å²) in [6.07, 6.45) is -23.0. The number of nitrogens with zero attached hydrogens (tertiary/aromatic N) is 12. The van der Waals surface area contributed by atoms with Crippen molar-refractivity contribution in [3.05, 3.63) is 139 Å². The van der Waals surface area contributed by atoms with E-state index in [4.69, 9.17) is 105 Å². The minimum Gasteiger partial charge on any atom is -0.756 e. The third-order valence-corrected chi connectivity index (χ3v) is 22.5. The van der Waals surface area contributed by atoms with Crippen LogP contribution in [-0.2, 0) is 96.9 Å². The van der Waals surface area contributed by atoms with Crippen LogP contribution in [0.3, 0.4) is 0 Å². The molecule has 0 saturated carbocycles. The minimum atomic E-state index is -5.42. The molecule has 6 saturated heterocycles. The van der Waals surface area contributed by atoms with Crippen molar-refractivity contribution < 1.29 is 111 Å². The maximum absolute atomic E-state index is 16.7. The number of nitrogens with one attached hydrogen (secondary N) is 3. The number of alkyl halides is 4. The van der Waals surface area contributed by atoms with E-state index in [1.807, 2.05) is 9.97 Å². The average Bonchev–Trinajstić information content (AvgIpc) is 1.62. The number of phosphoric ester groups is 2. The Balaban J connectivity index is 0.000000244. The number of anilines is 2. The Bertz CT molecular complexity index is 4780. The number of fused-ring (bicyclic) bond motifs is 10. The number of nitriles is 1. The second kappa shape index (κ2) is 33.6. The molecule has 8 bridgehead atoms. The van der Waals surface area contributed by atoms with Gasteiger partial charge in [-0.2, -0.15) is 5.26 Å². The Kier molecular flexibility index (Phi) is 26.1. The lowest BCUT2D eigenvalue weighted by atomic mass is 10.1. The Hall–Kier alpha value is -7.31. The highest BCUT2D eigenvalue weighted by Crippen LogP contribution is 2.59. The number of nitrogen functional groups attached to an aromatic ring is 1. The highest BCUT2D eigenvalue weighted by molar-refractivity contribution is 8.07. The van der Waals surface area contributed by atoms with Gasteiger partial charge in [0.2, 0.25) is 6.54 Å². The number of rotatable bonds is 13. The van der Waals surface area contributed by atoms with Gasteiger partial charge < -0.3 is 64.0 Å². The van der Waals surface area contributed by atoms with Crippen molar-refractivity contribution in [1.82, 2.24) is 64.3 Å². The van der Waals surface area contributed by atoms with Crippen molar-refractivity contribution in [1.29, 1.82) is 5.26 Å². The number of hydrogen-bond donors (Lipinski definition) is 7. The molecule has 6 fully saturated rings. The molecule has 12 heterocycles. The predicted molar refractivity (Wildman–Crippen MR) is 351 cm³/mol. The SMILES string of the molecule is C.C.Nc1ncnc2c1ncn2[C@@H]1O[C@@H]2COP(=S)([NH2+]O)O[C@@H]3[C@H](F)[C@@H](COP(=O)([O-])O[C@@H]1[C@@H]2F)O[C@H]3n1ccc(=O)[nH]c1=O.[C-]#[N+]CCOP1(=S)OC[C@H]2O[C@@H](n3cnc4c(NC(=O)c5ccccc5)ncnc43)[C@H](OP(=O)(OCCC#N)OC[C@H]3O[C@@H](n4ccc(=O)[nH]c4=O)[C@H](O1)[C@@H]3F)[C@@H]2F.[NH4+]. The summed E-state index contributed by atoms with van der Waals surface area (Å²) in [5.74, 6) is -0.535. The zero-order valence-corrected chi connectivity index (χ0v) is 57.2. The lowest BCUT2D eigenvalue weighted by molar-refractivity contribution is -0.781. The van der Waals surface area contributed by atoms with Crippen molar-refractivity contribution in [3.63, 3.8) is 0 Å². The van der Waals surface area contributed by atoms with Crippen LogP contribution in [0.1, 0.15) is 56.5 Å². The van der Waals surface area contributed by atoms with Crippen molar-refractivity contribution in [2.45, 2.75) is 120 Å². The Labute approximate surface area is 592 Å². The van der Waals surface area contributed by atoms with Crippen LogP contribution in [0.25, 0.3) is 27.2 Å². The van der Waals surface area contributed by atoms with E-state index >= 15 is 17.6 Å². The third-order valence-electron chi connectivity index (χ3n) is 15.6. The third kappa shape index (κ3) is 17.2. The molecule has 6 aromatic heterocycles. The summed E-state index contributed by atoms with van der Waals surface area (Å²) in [5, 5.41) is 22.1. The molecule has 51 heteroatoms. The Morgan fingerprint density at radius 2 is 1.18 bits per heavy atom. The topological polar surface area (TPSA) is 540 Å². The molecule has 0 aliphatic carbocycles. The van der Waals surface area contributed by atoms with Crippen LogP contribution in [-0.4, -0.2) is 189 Å². The number of H-pyrrole nitrogens is 2. The van der Waals surface area contributed by atoms with Crippen LogP contribution in [0.2, 0.25) is 0 Å². The highest BCUT2D eigenvalue weighted by Gasteiger charge is 2.57. The van der Waals surface area contributed by atoms with Crippen LogP contribution in [0.15, 0.2) is 99.3 Å². The molecule has 0 spiro atoms. The van der Waals surface area contributed by atoms with Crippen molar-refractivity contribution in [2.24, 2.45) is 0 Å². The largest absolute Gasteiger partial charge is 0.756 e. The number of benzene rings is 1. The number of amides is 1. The van der Waals surface area contributed by atoms with Crippen LogP contribution in [0.4, 0.5) is 29.2 Å². The Morgan fingerprint density at radius 1 is 0.692 bits per heavy atom. The van der Waals surface area contributed by atoms with E-state index < -0.39 is 189 Å². The van der Waals surface area contributed by atoms with Gasteiger partial charge in [0.25, 0.3) is 24.8 Å². The molecule has 41 nitrogen and oxygen atoms in total. The highest BCUT2D eigenvalue weighted by atomic mass is 32.5. The van der Waals surface area contributed by atoms with Gasteiger partial charge in [-0.1, -0.05) is 33.1 Å². The maximum Gasteiger partial charge on any atom is 0.475 e. The monoisotopic (exact) mass is 1590 g/mol. The minimum absolute atomic E-state index is 0. The molecule has 6 aliphatic rings. The zero-order chi connectivity index (χ0) is 71.7. The van der Waals surface area contributed by atoms with E-state index in [-0.39, 0.29) is 74.5 Å². The van der Waals surface area contributed by atoms with E-state index in [2.05, 4.69) is 40.1 Å². The van der Waals surface area contributed by atoms with E-state index in [1.54, 1.807) is 36.4 Å².